The van der Waals surface area contributed by atoms with E-state index in [-0.39, 0.29) is 0 Å². The van der Waals surface area contributed by atoms with Crippen molar-refractivity contribution in [2.75, 3.05) is 0 Å². The quantitative estimate of drug-likeness (QED) is 0.737. The first kappa shape index (κ1) is 12.4. The summed E-state index contributed by atoms with van der Waals surface area (Å²) in [7, 11) is 0. The van der Waals surface area contributed by atoms with Gasteiger partial charge in [0.1, 0.15) is 0 Å². The second kappa shape index (κ2) is 4.82. The van der Waals surface area contributed by atoms with Crippen LogP contribution in [-0.2, 0) is 0 Å². The van der Waals surface area contributed by atoms with E-state index >= 15 is 0 Å². The van der Waals surface area contributed by atoms with Gasteiger partial charge >= 0.3 is 5.97 Å². The number of carboxylic acids is 1. The van der Waals surface area contributed by atoms with Crippen molar-refractivity contribution in [3.8, 4) is 11.1 Å². The summed E-state index contributed by atoms with van der Waals surface area (Å²) in [5, 5.41) is 11.5. The minimum Gasteiger partial charge on any atom is -0.478 e. The van der Waals surface area contributed by atoms with E-state index in [9.17, 15) is 9.90 Å². The zero-order chi connectivity index (χ0) is 14.1. The van der Waals surface area contributed by atoms with Crippen molar-refractivity contribution >= 4 is 16.7 Å². The molecular weight excluding hydrogens is 248 g/mol. The van der Waals surface area contributed by atoms with Crippen LogP contribution in [0.1, 0.15) is 15.9 Å². The molecule has 0 aliphatic rings. The molecule has 0 radical (unpaired) electrons. The minimum atomic E-state index is -0.898. The van der Waals surface area contributed by atoms with Crippen molar-refractivity contribution in [3.05, 3.63) is 71.8 Å². The number of aromatic carboxylic acids is 1. The van der Waals surface area contributed by atoms with Crippen molar-refractivity contribution in [2.45, 2.75) is 6.92 Å². The highest BCUT2D eigenvalue weighted by molar-refractivity contribution is 6.03. The van der Waals surface area contributed by atoms with E-state index < -0.39 is 5.97 Å². The SMILES string of the molecule is Cc1ccc2c(-c3ccccc3C(=O)O)cccc2c1. The Labute approximate surface area is 117 Å². The van der Waals surface area contributed by atoms with E-state index in [0.29, 0.717) is 5.56 Å². The van der Waals surface area contributed by atoms with Crippen molar-refractivity contribution in [3.63, 3.8) is 0 Å². The Morgan fingerprint density at radius 1 is 0.900 bits per heavy atom. The van der Waals surface area contributed by atoms with Gasteiger partial charge in [0.2, 0.25) is 0 Å². The summed E-state index contributed by atoms with van der Waals surface area (Å²) in [5.41, 5.74) is 3.25. The topological polar surface area (TPSA) is 37.3 Å². The minimum absolute atomic E-state index is 0.334. The molecule has 0 saturated carbocycles. The molecule has 98 valence electrons. The van der Waals surface area contributed by atoms with Crippen LogP contribution in [0, 0.1) is 6.92 Å². The number of hydrogen-bond donors (Lipinski definition) is 1. The molecule has 0 bridgehead atoms. The van der Waals surface area contributed by atoms with Crippen LogP contribution in [0.2, 0.25) is 0 Å². The van der Waals surface area contributed by atoms with Crippen LogP contribution in [0.5, 0.6) is 0 Å². The van der Waals surface area contributed by atoms with Gasteiger partial charge in [0.15, 0.2) is 0 Å². The number of carboxylic acid groups (broad SMARTS) is 1. The highest BCUT2D eigenvalue weighted by Gasteiger charge is 2.12. The molecule has 0 spiro atoms. The first-order chi connectivity index (χ1) is 9.66. The van der Waals surface area contributed by atoms with E-state index in [0.717, 1.165) is 21.9 Å². The van der Waals surface area contributed by atoms with Crippen molar-refractivity contribution < 1.29 is 9.90 Å². The van der Waals surface area contributed by atoms with Gasteiger partial charge < -0.3 is 5.11 Å². The average molecular weight is 262 g/mol. The molecule has 3 aromatic rings. The Kier molecular flexibility index (Phi) is 2.99. The van der Waals surface area contributed by atoms with E-state index in [1.165, 1.54) is 5.56 Å². The van der Waals surface area contributed by atoms with Gasteiger partial charge in [-0.05, 0) is 34.9 Å². The highest BCUT2D eigenvalue weighted by atomic mass is 16.4. The number of carbonyl (C=O) groups is 1. The number of hydrogen-bond acceptors (Lipinski definition) is 1. The van der Waals surface area contributed by atoms with Gasteiger partial charge in [0.25, 0.3) is 0 Å². The molecule has 0 fully saturated rings. The average Bonchev–Trinajstić information content (AvgIpc) is 2.46. The van der Waals surface area contributed by atoms with Gasteiger partial charge in [-0.1, -0.05) is 60.2 Å². The lowest BCUT2D eigenvalue weighted by atomic mass is 9.94. The molecule has 3 rings (SSSR count). The summed E-state index contributed by atoms with van der Waals surface area (Å²) in [4.78, 5) is 11.4. The van der Waals surface area contributed by atoms with Gasteiger partial charge in [0.05, 0.1) is 5.56 Å². The van der Waals surface area contributed by atoms with Crippen molar-refractivity contribution in [2.24, 2.45) is 0 Å². The maximum atomic E-state index is 11.4. The summed E-state index contributed by atoms with van der Waals surface area (Å²) in [6.45, 7) is 2.05. The number of rotatable bonds is 2. The zero-order valence-corrected chi connectivity index (χ0v) is 11.1. The second-order valence-corrected chi connectivity index (χ2v) is 4.88. The van der Waals surface area contributed by atoms with Crippen LogP contribution >= 0.6 is 0 Å². The summed E-state index contributed by atoms with van der Waals surface area (Å²) in [6, 6.07) is 19.3. The van der Waals surface area contributed by atoms with E-state index in [1.807, 2.05) is 24.3 Å². The summed E-state index contributed by atoms with van der Waals surface area (Å²) in [5.74, 6) is -0.898. The van der Waals surface area contributed by atoms with Crippen LogP contribution in [0.3, 0.4) is 0 Å². The molecule has 2 heteroatoms. The fourth-order valence-electron chi connectivity index (χ4n) is 2.54. The number of benzene rings is 3. The third-order valence-corrected chi connectivity index (χ3v) is 3.48. The standard InChI is InChI=1S/C18H14O2/c1-12-9-10-14-13(11-12)5-4-8-15(14)16-6-2-3-7-17(16)18(19)20/h2-11H,1H3,(H,19,20). The lowest BCUT2D eigenvalue weighted by Crippen LogP contribution is -1.99. The number of aryl methyl sites for hydroxylation is 1. The maximum Gasteiger partial charge on any atom is 0.336 e. The largest absolute Gasteiger partial charge is 0.478 e. The third kappa shape index (κ3) is 2.05. The molecule has 0 aromatic heterocycles. The van der Waals surface area contributed by atoms with Crippen molar-refractivity contribution in [1.82, 2.24) is 0 Å². The maximum absolute atomic E-state index is 11.4. The monoisotopic (exact) mass is 262 g/mol. The first-order valence-corrected chi connectivity index (χ1v) is 6.49. The molecule has 20 heavy (non-hydrogen) atoms. The first-order valence-electron chi connectivity index (χ1n) is 6.49. The molecule has 0 heterocycles. The molecule has 0 saturated heterocycles. The summed E-state index contributed by atoms with van der Waals surface area (Å²) >= 11 is 0. The third-order valence-electron chi connectivity index (χ3n) is 3.48. The van der Waals surface area contributed by atoms with E-state index in [1.54, 1.807) is 12.1 Å². The second-order valence-electron chi connectivity index (χ2n) is 4.88. The fourth-order valence-corrected chi connectivity index (χ4v) is 2.54. The molecule has 0 atom stereocenters. The molecule has 1 N–H and O–H groups in total. The Bertz CT molecular complexity index is 803. The normalized spacial score (nSPS) is 10.7. The Balaban J connectivity index is 2.33. The van der Waals surface area contributed by atoms with Gasteiger partial charge in [-0.3, -0.25) is 0 Å². The van der Waals surface area contributed by atoms with E-state index in [2.05, 4.69) is 31.2 Å². The molecular formula is C18H14O2. The van der Waals surface area contributed by atoms with Gasteiger partial charge in [-0.25, -0.2) is 4.79 Å². The smallest absolute Gasteiger partial charge is 0.336 e. The zero-order valence-electron chi connectivity index (χ0n) is 11.1. The molecule has 0 amide bonds. The lowest BCUT2D eigenvalue weighted by molar-refractivity contribution is 0.0698. The predicted molar refractivity (Wildman–Crippen MR) is 81.1 cm³/mol. The van der Waals surface area contributed by atoms with Crippen LogP contribution in [0.15, 0.2) is 60.7 Å². The van der Waals surface area contributed by atoms with Crippen LogP contribution in [-0.4, -0.2) is 11.1 Å². The predicted octanol–water partition coefficient (Wildman–Crippen LogP) is 4.51. The molecule has 0 unspecified atom stereocenters. The molecule has 0 aliphatic carbocycles. The van der Waals surface area contributed by atoms with Crippen LogP contribution in [0.4, 0.5) is 0 Å². The van der Waals surface area contributed by atoms with Gasteiger partial charge in [-0.2, -0.15) is 0 Å². The lowest BCUT2D eigenvalue weighted by Gasteiger charge is -2.10. The van der Waals surface area contributed by atoms with Crippen LogP contribution in [0.25, 0.3) is 21.9 Å². The summed E-state index contributed by atoms with van der Waals surface area (Å²) < 4.78 is 0. The van der Waals surface area contributed by atoms with Gasteiger partial charge in [0, 0.05) is 0 Å². The van der Waals surface area contributed by atoms with Gasteiger partial charge in [-0.15, -0.1) is 0 Å². The Hall–Kier alpha value is -2.61. The molecule has 3 aromatic carbocycles. The Morgan fingerprint density at radius 2 is 1.65 bits per heavy atom. The van der Waals surface area contributed by atoms with Crippen LogP contribution < -0.4 is 0 Å². The highest BCUT2D eigenvalue weighted by Crippen LogP contribution is 2.31. The summed E-state index contributed by atoms with van der Waals surface area (Å²) in [6.07, 6.45) is 0. The molecule has 2 nitrogen and oxygen atoms in total. The fraction of sp³-hybridized carbons (Fsp3) is 0.0556. The van der Waals surface area contributed by atoms with E-state index in [4.69, 9.17) is 0 Å². The molecule has 0 aliphatic heterocycles. The number of fused-ring (bicyclic) bond motifs is 1. The Morgan fingerprint density at radius 3 is 2.45 bits per heavy atom. The van der Waals surface area contributed by atoms with Crippen molar-refractivity contribution in [1.29, 1.82) is 0 Å².